The molecule has 2 aromatic heterocycles. The number of aromatic nitrogens is 4. The SMILES string of the molecule is CCc1[nH]nc2c1c(=O)n(C)c(=O)n2C. The maximum absolute atomic E-state index is 11.8. The van der Waals surface area contributed by atoms with Gasteiger partial charge in [0.05, 0.1) is 0 Å². The summed E-state index contributed by atoms with van der Waals surface area (Å²) in [4.78, 5) is 23.4. The molecular formula is C9H12N4O2. The molecule has 0 spiro atoms. The first-order valence-electron chi connectivity index (χ1n) is 4.70. The molecule has 6 heteroatoms. The molecule has 0 fully saturated rings. The predicted octanol–water partition coefficient (Wildman–Crippen LogP) is -0.477. The van der Waals surface area contributed by atoms with Crippen LogP contribution in [0.3, 0.4) is 0 Å². The molecule has 0 saturated heterocycles. The van der Waals surface area contributed by atoms with Gasteiger partial charge in [-0.1, -0.05) is 6.92 Å². The van der Waals surface area contributed by atoms with E-state index in [0.717, 1.165) is 10.3 Å². The molecule has 2 heterocycles. The summed E-state index contributed by atoms with van der Waals surface area (Å²) in [5, 5.41) is 7.25. The van der Waals surface area contributed by atoms with Crippen LogP contribution < -0.4 is 11.2 Å². The van der Waals surface area contributed by atoms with E-state index in [1.165, 1.54) is 11.6 Å². The molecule has 0 atom stereocenters. The molecule has 0 aliphatic heterocycles. The molecule has 0 unspecified atom stereocenters. The summed E-state index contributed by atoms with van der Waals surface area (Å²) in [6, 6.07) is 0. The van der Waals surface area contributed by atoms with Gasteiger partial charge in [0.15, 0.2) is 5.65 Å². The van der Waals surface area contributed by atoms with Crippen LogP contribution in [0.25, 0.3) is 11.0 Å². The van der Waals surface area contributed by atoms with Gasteiger partial charge in [-0.25, -0.2) is 4.79 Å². The van der Waals surface area contributed by atoms with Gasteiger partial charge in [0.1, 0.15) is 5.39 Å². The molecule has 0 radical (unpaired) electrons. The van der Waals surface area contributed by atoms with E-state index in [0.29, 0.717) is 17.5 Å². The lowest BCUT2D eigenvalue weighted by Gasteiger charge is -2.02. The molecular weight excluding hydrogens is 196 g/mol. The number of aromatic amines is 1. The maximum Gasteiger partial charge on any atom is 0.332 e. The highest BCUT2D eigenvalue weighted by Crippen LogP contribution is 2.08. The smallest absolute Gasteiger partial charge is 0.280 e. The molecule has 80 valence electrons. The van der Waals surface area contributed by atoms with Crippen LogP contribution >= 0.6 is 0 Å². The molecule has 2 rings (SSSR count). The van der Waals surface area contributed by atoms with Crippen molar-refractivity contribution in [2.75, 3.05) is 0 Å². The second-order valence-electron chi connectivity index (χ2n) is 3.46. The third kappa shape index (κ3) is 1.14. The Morgan fingerprint density at radius 1 is 1.27 bits per heavy atom. The minimum Gasteiger partial charge on any atom is -0.280 e. The molecule has 15 heavy (non-hydrogen) atoms. The van der Waals surface area contributed by atoms with E-state index in [2.05, 4.69) is 10.2 Å². The summed E-state index contributed by atoms with van der Waals surface area (Å²) in [6.45, 7) is 1.93. The van der Waals surface area contributed by atoms with Crippen molar-refractivity contribution in [2.24, 2.45) is 14.1 Å². The Balaban J connectivity index is 3.11. The Morgan fingerprint density at radius 3 is 2.53 bits per heavy atom. The van der Waals surface area contributed by atoms with Crippen molar-refractivity contribution in [3.8, 4) is 0 Å². The van der Waals surface area contributed by atoms with E-state index >= 15 is 0 Å². The van der Waals surface area contributed by atoms with Gasteiger partial charge < -0.3 is 0 Å². The Kier molecular flexibility index (Phi) is 1.99. The normalized spacial score (nSPS) is 11.1. The standard InChI is InChI=1S/C9H12N4O2/c1-4-5-6-7(11-10-5)12(2)9(15)13(3)8(6)14/h4H2,1-3H3,(H,10,11). The van der Waals surface area contributed by atoms with Crippen molar-refractivity contribution in [3.63, 3.8) is 0 Å². The summed E-state index contributed by atoms with van der Waals surface area (Å²) in [5.41, 5.74) is 0.529. The predicted molar refractivity (Wildman–Crippen MR) is 56.0 cm³/mol. The van der Waals surface area contributed by atoms with Gasteiger partial charge in [-0.2, -0.15) is 5.10 Å². The maximum atomic E-state index is 11.8. The van der Waals surface area contributed by atoms with E-state index < -0.39 is 0 Å². The average molecular weight is 208 g/mol. The lowest BCUT2D eigenvalue weighted by Crippen LogP contribution is -2.37. The zero-order valence-electron chi connectivity index (χ0n) is 8.87. The van der Waals surface area contributed by atoms with Crippen molar-refractivity contribution >= 4 is 11.0 Å². The van der Waals surface area contributed by atoms with Crippen LogP contribution in [0.2, 0.25) is 0 Å². The van der Waals surface area contributed by atoms with E-state index in [1.54, 1.807) is 7.05 Å². The first kappa shape index (κ1) is 9.70. The third-order valence-electron chi connectivity index (χ3n) is 2.59. The first-order chi connectivity index (χ1) is 7.07. The highest BCUT2D eigenvalue weighted by atomic mass is 16.2. The van der Waals surface area contributed by atoms with Crippen LogP contribution in [0.5, 0.6) is 0 Å². The molecule has 6 nitrogen and oxygen atoms in total. The number of H-pyrrole nitrogens is 1. The van der Waals surface area contributed by atoms with Gasteiger partial charge in [-0.3, -0.25) is 19.0 Å². The number of hydrogen-bond acceptors (Lipinski definition) is 3. The Bertz CT molecular complexity index is 632. The van der Waals surface area contributed by atoms with Crippen LogP contribution in [-0.4, -0.2) is 19.3 Å². The third-order valence-corrected chi connectivity index (χ3v) is 2.59. The minimum atomic E-state index is -0.360. The topological polar surface area (TPSA) is 72.7 Å². The van der Waals surface area contributed by atoms with Crippen molar-refractivity contribution in [3.05, 3.63) is 26.5 Å². The number of nitrogens with zero attached hydrogens (tertiary/aromatic N) is 3. The first-order valence-corrected chi connectivity index (χ1v) is 4.70. The fraction of sp³-hybridized carbons (Fsp3) is 0.444. The summed E-state index contributed by atoms with van der Waals surface area (Å²) in [6.07, 6.45) is 0.684. The number of aryl methyl sites for hydroxylation is 2. The van der Waals surface area contributed by atoms with E-state index in [9.17, 15) is 9.59 Å². The minimum absolute atomic E-state index is 0.293. The van der Waals surface area contributed by atoms with E-state index in [1.807, 2.05) is 6.92 Å². The van der Waals surface area contributed by atoms with Gasteiger partial charge in [-0.15, -0.1) is 0 Å². The van der Waals surface area contributed by atoms with E-state index in [4.69, 9.17) is 0 Å². The van der Waals surface area contributed by atoms with Crippen molar-refractivity contribution < 1.29 is 0 Å². The highest BCUT2D eigenvalue weighted by Gasteiger charge is 2.14. The lowest BCUT2D eigenvalue weighted by molar-refractivity contribution is 0.708. The van der Waals surface area contributed by atoms with Gasteiger partial charge in [0.2, 0.25) is 0 Å². The lowest BCUT2D eigenvalue weighted by atomic mass is 10.2. The molecule has 2 aromatic rings. The summed E-state index contributed by atoms with van der Waals surface area (Å²) < 4.78 is 2.46. The zero-order valence-corrected chi connectivity index (χ0v) is 8.87. The second-order valence-corrected chi connectivity index (χ2v) is 3.46. The van der Waals surface area contributed by atoms with Crippen molar-refractivity contribution in [2.45, 2.75) is 13.3 Å². The van der Waals surface area contributed by atoms with Crippen LogP contribution in [-0.2, 0) is 20.5 Å². The van der Waals surface area contributed by atoms with Crippen LogP contribution in [0.15, 0.2) is 9.59 Å². The summed E-state index contributed by atoms with van der Waals surface area (Å²) in [7, 11) is 3.07. The zero-order chi connectivity index (χ0) is 11.2. The van der Waals surface area contributed by atoms with Crippen LogP contribution in [0.4, 0.5) is 0 Å². The molecule has 0 bridgehead atoms. The molecule has 1 N–H and O–H groups in total. The fourth-order valence-electron chi connectivity index (χ4n) is 1.66. The quantitative estimate of drug-likeness (QED) is 0.688. The number of hydrogen-bond donors (Lipinski definition) is 1. The molecule has 0 saturated carbocycles. The van der Waals surface area contributed by atoms with Crippen LogP contribution in [0.1, 0.15) is 12.6 Å². The monoisotopic (exact) mass is 208 g/mol. The Labute approximate surface area is 85.2 Å². The van der Waals surface area contributed by atoms with E-state index in [-0.39, 0.29) is 11.2 Å². The van der Waals surface area contributed by atoms with Gasteiger partial charge >= 0.3 is 5.69 Å². The number of nitrogens with one attached hydrogen (secondary N) is 1. The summed E-state index contributed by atoms with van der Waals surface area (Å²) in [5.74, 6) is 0. The van der Waals surface area contributed by atoms with Gasteiger partial charge in [0, 0.05) is 19.8 Å². The number of rotatable bonds is 1. The second kappa shape index (κ2) is 3.08. The molecule has 0 amide bonds. The Morgan fingerprint density at radius 2 is 1.93 bits per heavy atom. The summed E-state index contributed by atoms with van der Waals surface area (Å²) >= 11 is 0. The van der Waals surface area contributed by atoms with Crippen LogP contribution in [0, 0.1) is 0 Å². The van der Waals surface area contributed by atoms with Crippen molar-refractivity contribution in [1.82, 2.24) is 19.3 Å². The highest BCUT2D eigenvalue weighted by molar-refractivity contribution is 5.76. The fourth-order valence-corrected chi connectivity index (χ4v) is 1.66. The largest absolute Gasteiger partial charge is 0.332 e. The average Bonchev–Trinajstić information content (AvgIpc) is 2.67. The molecule has 0 aromatic carbocycles. The van der Waals surface area contributed by atoms with Gasteiger partial charge in [-0.05, 0) is 6.42 Å². The molecule has 0 aliphatic carbocycles. The number of fused-ring (bicyclic) bond motifs is 1. The van der Waals surface area contributed by atoms with Crippen molar-refractivity contribution in [1.29, 1.82) is 0 Å². The Hall–Kier alpha value is -1.85. The van der Waals surface area contributed by atoms with Gasteiger partial charge in [0.25, 0.3) is 5.56 Å². The molecule has 0 aliphatic rings.